The molecule has 1 aromatic rings. The van der Waals surface area contributed by atoms with E-state index in [-0.39, 0.29) is 43.3 Å². The summed E-state index contributed by atoms with van der Waals surface area (Å²) in [5, 5.41) is 5.68. The second kappa shape index (κ2) is 6.60. The van der Waals surface area contributed by atoms with Crippen LogP contribution in [0.5, 0.6) is 0 Å². The van der Waals surface area contributed by atoms with Crippen molar-refractivity contribution in [3.63, 3.8) is 0 Å². The van der Waals surface area contributed by atoms with Crippen LogP contribution >= 0.6 is 0 Å². The van der Waals surface area contributed by atoms with Gasteiger partial charge in [0.15, 0.2) is 5.82 Å². The van der Waals surface area contributed by atoms with Crippen LogP contribution in [0.3, 0.4) is 0 Å². The van der Waals surface area contributed by atoms with E-state index in [1.165, 1.54) is 4.90 Å². The van der Waals surface area contributed by atoms with Crippen molar-refractivity contribution in [2.45, 2.75) is 51.4 Å². The molecule has 3 heterocycles. The fourth-order valence-electron chi connectivity index (χ4n) is 4.36. The van der Waals surface area contributed by atoms with Crippen molar-refractivity contribution < 1.29 is 18.8 Å². The summed E-state index contributed by atoms with van der Waals surface area (Å²) < 4.78 is 15.3. The normalized spacial score (nSPS) is 28.4. The Balaban J connectivity index is 1.61. The van der Waals surface area contributed by atoms with Gasteiger partial charge in [-0.15, -0.1) is 0 Å². The molecule has 0 aromatic heterocycles. The van der Waals surface area contributed by atoms with E-state index >= 15 is 4.39 Å². The molecule has 2 N–H and O–H groups in total. The molecule has 3 unspecified atom stereocenters. The molecule has 0 saturated carbocycles. The van der Waals surface area contributed by atoms with E-state index in [0.717, 1.165) is 0 Å². The van der Waals surface area contributed by atoms with E-state index in [0.29, 0.717) is 29.9 Å². The molecular formula is C19H23FN4O3. The molecule has 27 heavy (non-hydrogen) atoms. The molecule has 0 bridgehead atoms. The van der Waals surface area contributed by atoms with Crippen LogP contribution in [0.25, 0.3) is 0 Å². The van der Waals surface area contributed by atoms with Gasteiger partial charge in [-0.25, -0.2) is 4.39 Å². The zero-order chi connectivity index (χ0) is 19.3. The summed E-state index contributed by atoms with van der Waals surface area (Å²) in [7, 11) is 0. The summed E-state index contributed by atoms with van der Waals surface area (Å²) in [5.74, 6) is -1.57. The number of halogens is 1. The Labute approximate surface area is 156 Å². The number of hydrogen-bond acceptors (Lipinski definition) is 5. The van der Waals surface area contributed by atoms with E-state index in [2.05, 4.69) is 24.5 Å². The quantitative estimate of drug-likeness (QED) is 0.748. The molecule has 3 atom stereocenters. The Morgan fingerprint density at radius 2 is 1.81 bits per heavy atom. The van der Waals surface area contributed by atoms with Gasteiger partial charge in [-0.2, -0.15) is 0 Å². The Hall–Kier alpha value is -2.48. The molecule has 0 aliphatic carbocycles. The topological polar surface area (TPSA) is 81.8 Å². The third kappa shape index (κ3) is 3.07. The maximum atomic E-state index is 15.3. The highest BCUT2D eigenvalue weighted by molar-refractivity contribution is 6.05. The number of rotatable bonds is 2. The van der Waals surface area contributed by atoms with Crippen LogP contribution in [0, 0.1) is 5.82 Å². The predicted molar refractivity (Wildman–Crippen MR) is 96.7 cm³/mol. The molecule has 2 fully saturated rings. The molecule has 8 heteroatoms. The van der Waals surface area contributed by atoms with E-state index in [1.54, 1.807) is 12.1 Å². The third-order valence-electron chi connectivity index (χ3n) is 5.53. The summed E-state index contributed by atoms with van der Waals surface area (Å²) in [6.07, 6.45) is 0.451. The zero-order valence-corrected chi connectivity index (χ0v) is 15.4. The zero-order valence-electron chi connectivity index (χ0n) is 15.4. The van der Waals surface area contributed by atoms with Crippen LogP contribution in [0.15, 0.2) is 12.1 Å². The van der Waals surface area contributed by atoms with Gasteiger partial charge < -0.3 is 15.1 Å². The molecule has 7 nitrogen and oxygen atoms in total. The fourth-order valence-corrected chi connectivity index (χ4v) is 4.36. The average Bonchev–Trinajstić information content (AvgIpc) is 2.92. The largest absolute Gasteiger partial charge is 0.366 e. The number of anilines is 1. The van der Waals surface area contributed by atoms with Crippen molar-refractivity contribution in [2.24, 2.45) is 0 Å². The van der Waals surface area contributed by atoms with Gasteiger partial charge in [0, 0.05) is 42.7 Å². The van der Waals surface area contributed by atoms with Crippen molar-refractivity contribution >= 4 is 23.4 Å². The van der Waals surface area contributed by atoms with Gasteiger partial charge in [-0.05, 0) is 32.4 Å². The molecule has 4 rings (SSSR count). The van der Waals surface area contributed by atoms with Gasteiger partial charge in [-0.3, -0.25) is 19.7 Å². The number of amides is 3. The van der Waals surface area contributed by atoms with E-state index in [4.69, 9.17) is 0 Å². The molecule has 3 aliphatic heterocycles. The minimum atomic E-state index is -0.732. The van der Waals surface area contributed by atoms with Gasteiger partial charge in [0.2, 0.25) is 11.8 Å². The van der Waals surface area contributed by atoms with Crippen LogP contribution in [0.4, 0.5) is 10.1 Å². The van der Waals surface area contributed by atoms with Crippen molar-refractivity contribution in [3.05, 3.63) is 29.1 Å². The van der Waals surface area contributed by atoms with Crippen LogP contribution in [-0.4, -0.2) is 53.8 Å². The standard InChI is InChI=1S/C19H23FN4O3/c1-10-7-23(8-11(2)21-10)14-4-3-12-13(17(14)20)9-24(19(12)27)15-5-6-16(25)22-18(15)26/h3-4,10-11,15,21H,5-9H2,1-2H3,(H,22,25,26). The molecule has 0 spiro atoms. The molecule has 1 aromatic carbocycles. The maximum Gasteiger partial charge on any atom is 0.255 e. The lowest BCUT2D eigenvalue weighted by Gasteiger charge is -2.38. The Morgan fingerprint density at radius 1 is 1.11 bits per heavy atom. The highest BCUT2D eigenvalue weighted by Gasteiger charge is 2.41. The van der Waals surface area contributed by atoms with Crippen molar-refractivity contribution in [1.82, 2.24) is 15.5 Å². The number of piperidine rings is 1. The Kier molecular flexibility index (Phi) is 4.38. The number of nitrogens with zero attached hydrogens (tertiary/aromatic N) is 2. The van der Waals surface area contributed by atoms with Gasteiger partial charge in [0.1, 0.15) is 6.04 Å². The molecule has 0 radical (unpaired) electrons. The van der Waals surface area contributed by atoms with Crippen LogP contribution in [0.2, 0.25) is 0 Å². The maximum absolute atomic E-state index is 15.3. The minimum Gasteiger partial charge on any atom is -0.366 e. The van der Waals surface area contributed by atoms with Gasteiger partial charge in [-0.1, -0.05) is 0 Å². The first-order chi connectivity index (χ1) is 12.8. The lowest BCUT2D eigenvalue weighted by atomic mass is 10.0. The first-order valence-electron chi connectivity index (χ1n) is 9.32. The summed E-state index contributed by atoms with van der Waals surface area (Å²) in [5.41, 5.74) is 1.13. The summed E-state index contributed by atoms with van der Waals surface area (Å²) in [4.78, 5) is 39.6. The monoisotopic (exact) mass is 374 g/mol. The highest BCUT2D eigenvalue weighted by Crippen LogP contribution is 2.34. The Bertz CT molecular complexity index is 817. The third-order valence-corrected chi connectivity index (χ3v) is 5.53. The lowest BCUT2D eigenvalue weighted by molar-refractivity contribution is -0.136. The predicted octanol–water partition coefficient (Wildman–Crippen LogP) is 0.773. The highest BCUT2D eigenvalue weighted by atomic mass is 19.1. The van der Waals surface area contributed by atoms with Crippen LogP contribution < -0.4 is 15.5 Å². The second-order valence-electron chi connectivity index (χ2n) is 7.70. The Morgan fingerprint density at radius 3 is 2.48 bits per heavy atom. The summed E-state index contributed by atoms with van der Waals surface area (Å²) in [6, 6.07) is 3.06. The van der Waals surface area contributed by atoms with E-state index < -0.39 is 17.8 Å². The second-order valence-corrected chi connectivity index (χ2v) is 7.70. The molecule has 3 amide bonds. The van der Waals surface area contributed by atoms with Crippen molar-refractivity contribution in [2.75, 3.05) is 18.0 Å². The number of benzene rings is 1. The van der Waals surface area contributed by atoms with E-state index in [1.807, 2.05) is 4.90 Å². The minimum absolute atomic E-state index is 0.0529. The molecule has 144 valence electrons. The van der Waals surface area contributed by atoms with Gasteiger partial charge in [0.25, 0.3) is 5.91 Å². The lowest BCUT2D eigenvalue weighted by Crippen LogP contribution is -2.54. The van der Waals surface area contributed by atoms with Crippen molar-refractivity contribution in [1.29, 1.82) is 0 Å². The molecule has 2 saturated heterocycles. The first-order valence-corrected chi connectivity index (χ1v) is 9.32. The summed E-state index contributed by atoms with van der Waals surface area (Å²) in [6.45, 7) is 5.54. The molecular weight excluding hydrogens is 351 g/mol. The van der Waals surface area contributed by atoms with Gasteiger partial charge >= 0.3 is 0 Å². The smallest absolute Gasteiger partial charge is 0.255 e. The fraction of sp³-hybridized carbons (Fsp3) is 0.526. The summed E-state index contributed by atoms with van der Waals surface area (Å²) >= 11 is 0. The SMILES string of the molecule is CC1CN(c2ccc3c(c2F)CN(C2CCC(=O)NC2=O)C3=O)CC(C)N1. The number of fused-ring (bicyclic) bond motifs is 1. The average molecular weight is 374 g/mol. The first kappa shape index (κ1) is 17.9. The number of piperazine rings is 1. The van der Waals surface area contributed by atoms with Crippen LogP contribution in [-0.2, 0) is 16.1 Å². The number of carbonyl (C=O) groups excluding carboxylic acids is 3. The molecule has 3 aliphatic rings. The van der Waals surface area contributed by atoms with E-state index in [9.17, 15) is 14.4 Å². The van der Waals surface area contributed by atoms with Crippen molar-refractivity contribution in [3.8, 4) is 0 Å². The number of carbonyl (C=O) groups is 3. The number of nitrogens with one attached hydrogen (secondary N) is 2. The number of hydrogen-bond donors (Lipinski definition) is 2. The number of imide groups is 1. The van der Waals surface area contributed by atoms with Gasteiger partial charge in [0.05, 0.1) is 12.2 Å². The van der Waals surface area contributed by atoms with Crippen LogP contribution in [0.1, 0.15) is 42.6 Å².